The van der Waals surface area contributed by atoms with Crippen molar-refractivity contribution in [2.75, 3.05) is 39.5 Å². The van der Waals surface area contributed by atoms with Crippen molar-refractivity contribution in [1.29, 1.82) is 0 Å². The molecule has 0 radical (unpaired) electrons. The molecule has 0 atom stereocenters. The lowest BCUT2D eigenvalue weighted by Gasteiger charge is -2.32. The molecule has 0 aliphatic carbocycles. The van der Waals surface area contributed by atoms with E-state index in [9.17, 15) is 4.79 Å². The van der Waals surface area contributed by atoms with E-state index in [4.69, 9.17) is 9.47 Å². The van der Waals surface area contributed by atoms with Crippen molar-refractivity contribution in [2.45, 2.75) is 51.7 Å². The van der Waals surface area contributed by atoms with Crippen molar-refractivity contribution < 1.29 is 14.3 Å². The summed E-state index contributed by atoms with van der Waals surface area (Å²) < 4.78 is 11.2. The van der Waals surface area contributed by atoms with E-state index in [0.29, 0.717) is 24.6 Å². The molecule has 2 heterocycles. The number of carbonyl (C=O) groups is 1. The number of hydrogen-bond donors (Lipinski definition) is 1. The van der Waals surface area contributed by atoms with E-state index in [1.807, 2.05) is 0 Å². The van der Waals surface area contributed by atoms with Crippen LogP contribution in [-0.4, -0.2) is 62.4 Å². The fourth-order valence-corrected chi connectivity index (χ4v) is 2.88. The van der Waals surface area contributed by atoms with E-state index in [2.05, 4.69) is 24.1 Å². The molecule has 0 bridgehead atoms. The summed E-state index contributed by atoms with van der Waals surface area (Å²) in [5.74, 6) is 0.747. The monoisotopic (exact) mass is 298 g/mol. The Balaban J connectivity index is 1.60. The first kappa shape index (κ1) is 16.7. The quantitative estimate of drug-likeness (QED) is 0.806. The minimum absolute atomic E-state index is 0.156. The van der Waals surface area contributed by atoms with Crippen LogP contribution in [0.25, 0.3) is 0 Å². The number of carbonyl (C=O) groups excluding carboxylic acids is 1. The highest BCUT2D eigenvalue weighted by atomic mass is 16.5. The van der Waals surface area contributed by atoms with Crippen molar-refractivity contribution >= 4 is 5.91 Å². The summed E-state index contributed by atoms with van der Waals surface area (Å²) >= 11 is 0. The predicted molar refractivity (Wildman–Crippen MR) is 82.2 cm³/mol. The average molecular weight is 298 g/mol. The number of amides is 1. The molecule has 2 rings (SSSR count). The largest absolute Gasteiger partial charge is 0.381 e. The average Bonchev–Trinajstić information content (AvgIpc) is 2.47. The number of nitrogens with zero attached hydrogens (tertiary/aromatic N) is 1. The highest BCUT2D eigenvalue weighted by Crippen LogP contribution is 2.14. The topological polar surface area (TPSA) is 50.8 Å². The molecule has 1 amide bonds. The molecule has 0 unspecified atom stereocenters. The van der Waals surface area contributed by atoms with Crippen molar-refractivity contribution in [3.63, 3.8) is 0 Å². The molecule has 0 spiro atoms. The molecule has 2 aliphatic rings. The van der Waals surface area contributed by atoms with E-state index in [1.54, 1.807) is 0 Å². The Kier molecular flexibility index (Phi) is 6.93. The maximum Gasteiger partial charge on any atom is 0.234 e. The van der Waals surface area contributed by atoms with Gasteiger partial charge < -0.3 is 14.8 Å². The Labute approximate surface area is 128 Å². The van der Waals surface area contributed by atoms with Gasteiger partial charge in [-0.15, -0.1) is 0 Å². The summed E-state index contributed by atoms with van der Waals surface area (Å²) in [5.41, 5.74) is 0. The Morgan fingerprint density at radius 1 is 1.24 bits per heavy atom. The van der Waals surface area contributed by atoms with E-state index in [-0.39, 0.29) is 5.91 Å². The van der Waals surface area contributed by atoms with Gasteiger partial charge in [-0.3, -0.25) is 9.69 Å². The molecule has 1 N–H and O–H groups in total. The molecule has 2 aliphatic heterocycles. The number of nitrogens with one attached hydrogen (secondary N) is 1. The number of likely N-dealkylation sites (tertiary alicyclic amines) is 1. The second-order valence-electron chi connectivity index (χ2n) is 6.66. The summed E-state index contributed by atoms with van der Waals surface area (Å²) in [4.78, 5) is 14.3. The predicted octanol–water partition coefficient (Wildman–Crippen LogP) is 1.42. The third-order valence-corrected chi connectivity index (χ3v) is 4.15. The smallest absolute Gasteiger partial charge is 0.234 e. The van der Waals surface area contributed by atoms with Gasteiger partial charge in [0.25, 0.3) is 0 Å². The number of ether oxygens (including phenoxy) is 2. The van der Waals surface area contributed by atoms with Crippen molar-refractivity contribution in [2.24, 2.45) is 5.92 Å². The highest BCUT2D eigenvalue weighted by molar-refractivity contribution is 5.78. The van der Waals surface area contributed by atoms with E-state index in [1.165, 1.54) is 0 Å². The summed E-state index contributed by atoms with van der Waals surface area (Å²) in [6.45, 7) is 9.18. The molecule has 5 nitrogen and oxygen atoms in total. The van der Waals surface area contributed by atoms with Crippen LogP contribution in [0, 0.1) is 5.92 Å². The molecular formula is C16H30N2O3. The first-order valence-corrected chi connectivity index (χ1v) is 8.34. The summed E-state index contributed by atoms with van der Waals surface area (Å²) in [7, 11) is 0. The van der Waals surface area contributed by atoms with Gasteiger partial charge in [0, 0.05) is 39.0 Å². The van der Waals surface area contributed by atoms with E-state index < -0.39 is 0 Å². The second-order valence-corrected chi connectivity index (χ2v) is 6.66. The number of piperidine rings is 1. The SMILES string of the molecule is CC(C)COC1CCN(CC(=O)NC2CCOCC2)CC1. The third-order valence-electron chi connectivity index (χ3n) is 4.15. The fourth-order valence-electron chi connectivity index (χ4n) is 2.88. The van der Waals surface area contributed by atoms with Crippen LogP contribution in [-0.2, 0) is 14.3 Å². The molecule has 122 valence electrons. The van der Waals surface area contributed by atoms with Crippen LogP contribution in [0.2, 0.25) is 0 Å². The normalized spacial score (nSPS) is 22.6. The van der Waals surface area contributed by atoms with Gasteiger partial charge in [0.1, 0.15) is 0 Å². The van der Waals surface area contributed by atoms with Crippen LogP contribution in [0.1, 0.15) is 39.5 Å². The molecule has 2 saturated heterocycles. The van der Waals surface area contributed by atoms with E-state index >= 15 is 0 Å². The number of rotatable bonds is 6. The minimum Gasteiger partial charge on any atom is -0.381 e. The molecule has 0 aromatic rings. The zero-order valence-electron chi connectivity index (χ0n) is 13.5. The molecular weight excluding hydrogens is 268 g/mol. The Morgan fingerprint density at radius 3 is 2.52 bits per heavy atom. The fraction of sp³-hybridized carbons (Fsp3) is 0.938. The molecule has 0 saturated carbocycles. The minimum atomic E-state index is 0.156. The van der Waals surface area contributed by atoms with Gasteiger partial charge in [0.15, 0.2) is 0 Å². The van der Waals surface area contributed by atoms with Crippen molar-refractivity contribution in [3.8, 4) is 0 Å². The lowest BCUT2D eigenvalue weighted by atomic mass is 10.1. The summed E-state index contributed by atoms with van der Waals surface area (Å²) in [6, 6.07) is 0.304. The zero-order chi connectivity index (χ0) is 15.1. The molecule has 2 fully saturated rings. The van der Waals surface area contributed by atoms with Crippen LogP contribution in [0.15, 0.2) is 0 Å². The number of hydrogen-bond acceptors (Lipinski definition) is 4. The Hall–Kier alpha value is -0.650. The molecule has 21 heavy (non-hydrogen) atoms. The van der Waals surface area contributed by atoms with Crippen molar-refractivity contribution in [3.05, 3.63) is 0 Å². The molecule has 0 aromatic carbocycles. The Morgan fingerprint density at radius 2 is 1.90 bits per heavy atom. The van der Waals surface area contributed by atoms with Gasteiger partial charge in [-0.2, -0.15) is 0 Å². The summed E-state index contributed by atoms with van der Waals surface area (Å²) in [6.07, 6.45) is 4.34. The third kappa shape index (κ3) is 6.32. The first-order chi connectivity index (χ1) is 10.1. The second kappa shape index (κ2) is 8.71. The van der Waals surface area contributed by atoms with Crippen LogP contribution in [0.4, 0.5) is 0 Å². The standard InChI is InChI=1S/C16H30N2O3/c1-13(2)12-21-15-3-7-18(8-4-15)11-16(19)17-14-5-9-20-10-6-14/h13-15H,3-12H2,1-2H3,(H,17,19). The van der Waals surface area contributed by atoms with Crippen molar-refractivity contribution in [1.82, 2.24) is 10.2 Å². The van der Waals surface area contributed by atoms with Gasteiger partial charge in [-0.25, -0.2) is 0 Å². The maximum atomic E-state index is 12.1. The molecule has 5 heteroatoms. The van der Waals surface area contributed by atoms with Gasteiger partial charge in [0.05, 0.1) is 12.6 Å². The van der Waals surface area contributed by atoms with Gasteiger partial charge in [-0.05, 0) is 31.6 Å². The lowest BCUT2D eigenvalue weighted by Crippen LogP contribution is -2.46. The zero-order valence-corrected chi connectivity index (χ0v) is 13.5. The van der Waals surface area contributed by atoms with E-state index in [0.717, 1.165) is 58.6 Å². The van der Waals surface area contributed by atoms with Gasteiger partial charge in [-0.1, -0.05) is 13.8 Å². The maximum absolute atomic E-state index is 12.1. The van der Waals surface area contributed by atoms with Gasteiger partial charge in [0.2, 0.25) is 5.91 Å². The van der Waals surface area contributed by atoms with Crippen LogP contribution in [0.5, 0.6) is 0 Å². The van der Waals surface area contributed by atoms with Gasteiger partial charge >= 0.3 is 0 Å². The van der Waals surface area contributed by atoms with Crippen LogP contribution < -0.4 is 5.32 Å². The lowest BCUT2D eigenvalue weighted by molar-refractivity contribution is -0.124. The molecule has 0 aromatic heterocycles. The Bertz CT molecular complexity index is 309. The highest BCUT2D eigenvalue weighted by Gasteiger charge is 2.23. The van der Waals surface area contributed by atoms with Crippen LogP contribution in [0.3, 0.4) is 0 Å². The van der Waals surface area contributed by atoms with Crippen LogP contribution >= 0.6 is 0 Å². The first-order valence-electron chi connectivity index (χ1n) is 8.34. The summed E-state index contributed by atoms with van der Waals surface area (Å²) in [5, 5.41) is 3.13.